The first-order valence-electron chi connectivity index (χ1n) is 3.92. The first-order chi connectivity index (χ1) is 6.83. The van der Waals surface area contributed by atoms with Crippen LogP contribution in [0.2, 0.25) is 0 Å². The Bertz CT molecular complexity index is 499. The van der Waals surface area contributed by atoms with Gasteiger partial charge in [0.1, 0.15) is 11.8 Å². The van der Waals surface area contributed by atoms with Gasteiger partial charge >= 0.3 is 0 Å². The summed E-state index contributed by atoms with van der Waals surface area (Å²) in [6, 6.07) is 9.88. The molecular formula is C10H5BrN2S. The van der Waals surface area contributed by atoms with Gasteiger partial charge in [0.15, 0.2) is 0 Å². The molecule has 68 valence electrons. The molecule has 1 heterocycles. The molecule has 0 radical (unpaired) electrons. The molecule has 0 saturated carbocycles. The standard InChI is InChI=1S/C10H5BrN2S/c11-9-4-2-1-3-8(9)10-7(5-12)6-14-13-10/h1-4,6H. The van der Waals surface area contributed by atoms with Crippen molar-refractivity contribution < 1.29 is 0 Å². The first kappa shape index (κ1) is 9.38. The second-order valence-corrected chi connectivity index (χ2v) is 4.15. The first-order valence-corrected chi connectivity index (χ1v) is 5.55. The van der Waals surface area contributed by atoms with Gasteiger partial charge < -0.3 is 0 Å². The molecule has 0 spiro atoms. The van der Waals surface area contributed by atoms with Gasteiger partial charge in [-0.1, -0.05) is 34.1 Å². The van der Waals surface area contributed by atoms with Gasteiger partial charge in [0.2, 0.25) is 0 Å². The van der Waals surface area contributed by atoms with E-state index in [0.29, 0.717) is 5.56 Å². The predicted octanol–water partition coefficient (Wildman–Crippen LogP) is 3.44. The quantitative estimate of drug-likeness (QED) is 0.791. The molecule has 1 aromatic carbocycles. The Morgan fingerprint density at radius 2 is 2.14 bits per heavy atom. The highest BCUT2D eigenvalue weighted by atomic mass is 79.9. The van der Waals surface area contributed by atoms with Crippen LogP contribution in [-0.2, 0) is 0 Å². The van der Waals surface area contributed by atoms with Gasteiger partial charge in [-0.15, -0.1) is 0 Å². The zero-order chi connectivity index (χ0) is 9.97. The fourth-order valence-corrected chi connectivity index (χ4v) is 2.26. The van der Waals surface area contributed by atoms with Gasteiger partial charge in [-0.2, -0.15) is 9.64 Å². The molecule has 0 N–H and O–H groups in total. The van der Waals surface area contributed by atoms with Crippen LogP contribution in [0.4, 0.5) is 0 Å². The number of halogens is 1. The number of nitriles is 1. The number of hydrogen-bond acceptors (Lipinski definition) is 3. The Hall–Kier alpha value is -1.18. The molecule has 0 aliphatic rings. The molecule has 0 amide bonds. The molecule has 0 saturated heterocycles. The molecule has 0 bridgehead atoms. The van der Waals surface area contributed by atoms with E-state index in [1.165, 1.54) is 11.5 Å². The van der Waals surface area contributed by atoms with Gasteiger partial charge in [0, 0.05) is 15.4 Å². The summed E-state index contributed by atoms with van der Waals surface area (Å²) in [5.74, 6) is 0. The zero-order valence-electron chi connectivity index (χ0n) is 7.07. The normalized spacial score (nSPS) is 9.71. The van der Waals surface area contributed by atoms with Crippen molar-refractivity contribution in [3.63, 3.8) is 0 Å². The summed E-state index contributed by atoms with van der Waals surface area (Å²) >= 11 is 4.74. The van der Waals surface area contributed by atoms with E-state index in [2.05, 4.69) is 26.4 Å². The summed E-state index contributed by atoms with van der Waals surface area (Å²) in [5.41, 5.74) is 2.34. The van der Waals surface area contributed by atoms with E-state index in [9.17, 15) is 0 Å². The maximum absolute atomic E-state index is 8.86. The number of nitrogens with zero attached hydrogens (tertiary/aromatic N) is 2. The van der Waals surface area contributed by atoms with E-state index >= 15 is 0 Å². The average Bonchev–Trinajstić information content (AvgIpc) is 2.66. The summed E-state index contributed by atoms with van der Waals surface area (Å²) in [4.78, 5) is 0. The number of rotatable bonds is 1. The molecule has 2 aromatic rings. The van der Waals surface area contributed by atoms with Crippen LogP contribution in [0.5, 0.6) is 0 Å². The largest absolute Gasteiger partial charge is 0.192 e. The molecule has 0 aliphatic heterocycles. The van der Waals surface area contributed by atoms with Crippen molar-refractivity contribution in [1.29, 1.82) is 5.26 Å². The van der Waals surface area contributed by atoms with Crippen molar-refractivity contribution >= 4 is 27.5 Å². The van der Waals surface area contributed by atoms with Gasteiger partial charge in [-0.05, 0) is 17.6 Å². The van der Waals surface area contributed by atoms with Crippen LogP contribution in [0.15, 0.2) is 34.1 Å². The number of benzene rings is 1. The molecule has 2 rings (SSSR count). The Morgan fingerprint density at radius 1 is 1.36 bits per heavy atom. The van der Waals surface area contributed by atoms with Crippen molar-refractivity contribution in [2.24, 2.45) is 0 Å². The van der Waals surface area contributed by atoms with E-state index in [1.807, 2.05) is 24.3 Å². The summed E-state index contributed by atoms with van der Waals surface area (Å²) in [7, 11) is 0. The molecule has 0 fully saturated rings. The number of aromatic nitrogens is 1. The van der Waals surface area contributed by atoms with Crippen LogP contribution in [0.1, 0.15) is 5.56 Å². The SMILES string of the molecule is N#Cc1csnc1-c1ccccc1Br. The topological polar surface area (TPSA) is 36.7 Å². The van der Waals surface area contributed by atoms with Crippen molar-refractivity contribution in [2.45, 2.75) is 0 Å². The second kappa shape index (κ2) is 3.91. The Labute approximate surface area is 94.1 Å². The molecule has 4 heteroatoms. The maximum Gasteiger partial charge on any atom is 0.103 e. The Morgan fingerprint density at radius 3 is 2.86 bits per heavy atom. The molecule has 0 atom stereocenters. The van der Waals surface area contributed by atoms with Crippen LogP contribution in [0, 0.1) is 11.3 Å². The summed E-state index contributed by atoms with van der Waals surface area (Å²) in [6.45, 7) is 0. The third kappa shape index (κ3) is 1.57. The van der Waals surface area contributed by atoms with Crippen molar-refractivity contribution in [2.75, 3.05) is 0 Å². The Kier molecular flexibility index (Phi) is 2.62. The highest BCUT2D eigenvalue weighted by Crippen LogP contribution is 2.29. The van der Waals surface area contributed by atoms with E-state index in [1.54, 1.807) is 5.38 Å². The summed E-state index contributed by atoms with van der Waals surface area (Å²) in [6.07, 6.45) is 0. The molecule has 14 heavy (non-hydrogen) atoms. The molecule has 0 unspecified atom stereocenters. The van der Waals surface area contributed by atoms with E-state index in [0.717, 1.165) is 15.7 Å². The highest BCUT2D eigenvalue weighted by Gasteiger charge is 2.10. The third-order valence-electron chi connectivity index (χ3n) is 1.82. The van der Waals surface area contributed by atoms with Gasteiger partial charge in [-0.25, -0.2) is 0 Å². The van der Waals surface area contributed by atoms with Crippen molar-refractivity contribution in [3.8, 4) is 17.3 Å². The van der Waals surface area contributed by atoms with Gasteiger partial charge in [-0.3, -0.25) is 0 Å². The van der Waals surface area contributed by atoms with E-state index in [-0.39, 0.29) is 0 Å². The van der Waals surface area contributed by atoms with Crippen molar-refractivity contribution in [1.82, 2.24) is 4.37 Å². The molecule has 2 nitrogen and oxygen atoms in total. The van der Waals surface area contributed by atoms with Crippen LogP contribution in [0.3, 0.4) is 0 Å². The fraction of sp³-hybridized carbons (Fsp3) is 0. The Balaban J connectivity index is 2.62. The van der Waals surface area contributed by atoms with Gasteiger partial charge in [0.05, 0.1) is 5.56 Å². The van der Waals surface area contributed by atoms with Crippen LogP contribution < -0.4 is 0 Å². The lowest BCUT2D eigenvalue weighted by molar-refractivity contribution is 1.45. The lowest BCUT2D eigenvalue weighted by Crippen LogP contribution is -1.82. The predicted molar refractivity (Wildman–Crippen MR) is 60.0 cm³/mol. The molecular weight excluding hydrogens is 260 g/mol. The third-order valence-corrected chi connectivity index (χ3v) is 3.14. The number of hydrogen-bond donors (Lipinski definition) is 0. The lowest BCUT2D eigenvalue weighted by Gasteiger charge is -1.99. The molecule has 0 aliphatic carbocycles. The maximum atomic E-state index is 8.86. The van der Waals surface area contributed by atoms with Crippen LogP contribution in [-0.4, -0.2) is 4.37 Å². The minimum Gasteiger partial charge on any atom is -0.192 e. The van der Waals surface area contributed by atoms with E-state index in [4.69, 9.17) is 5.26 Å². The second-order valence-electron chi connectivity index (χ2n) is 2.67. The van der Waals surface area contributed by atoms with E-state index < -0.39 is 0 Å². The summed E-state index contributed by atoms with van der Waals surface area (Å²) < 4.78 is 5.17. The molecule has 1 aromatic heterocycles. The smallest absolute Gasteiger partial charge is 0.103 e. The van der Waals surface area contributed by atoms with Crippen LogP contribution in [0.25, 0.3) is 11.3 Å². The highest BCUT2D eigenvalue weighted by molar-refractivity contribution is 9.10. The van der Waals surface area contributed by atoms with Crippen molar-refractivity contribution in [3.05, 3.63) is 39.7 Å². The fourth-order valence-electron chi connectivity index (χ4n) is 1.16. The van der Waals surface area contributed by atoms with Gasteiger partial charge in [0.25, 0.3) is 0 Å². The van der Waals surface area contributed by atoms with Crippen LogP contribution >= 0.6 is 27.5 Å². The minimum absolute atomic E-state index is 0.627. The summed E-state index contributed by atoms with van der Waals surface area (Å²) in [5, 5.41) is 10.6. The monoisotopic (exact) mass is 264 g/mol. The average molecular weight is 265 g/mol. The minimum atomic E-state index is 0.627. The zero-order valence-corrected chi connectivity index (χ0v) is 9.47. The lowest BCUT2D eigenvalue weighted by atomic mass is 10.1.